The van der Waals surface area contributed by atoms with Gasteiger partial charge in [0.2, 0.25) is 5.95 Å². The highest BCUT2D eigenvalue weighted by molar-refractivity contribution is 7.99. The first-order valence-electron chi connectivity index (χ1n) is 8.52. The molecule has 1 aromatic heterocycles. The summed E-state index contributed by atoms with van der Waals surface area (Å²) < 4.78 is 16.1. The Morgan fingerprint density at radius 1 is 0.964 bits per heavy atom. The molecule has 0 aliphatic heterocycles. The zero-order chi connectivity index (χ0) is 20.1. The maximum absolute atomic E-state index is 5.97. The monoisotopic (exact) mass is 398 g/mol. The van der Waals surface area contributed by atoms with Gasteiger partial charge in [-0.15, -0.1) is 0 Å². The molecule has 0 spiro atoms. The van der Waals surface area contributed by atoms with Gasteiger partial charge < -0.3 is 19.9 Å². The summed E-state index contributed by atoms with van der Waals surface area (Å²) in [7, 11) is 3.25. The van der Waals surface area contributed by atoms with Crippen molar-refractivity contribution in [3.8, 4) is 28.5 Å². The maximum Gasteiger partial charge on any atom is 0.221 e. The summed E-state index contributed by atoms with van der Waals surface area (Å²) in [5.41, 5.74) is 14.1. The number of methoxy groups -OCH3 is 2. The van der Waals surface area contributed by atoms with Crippen LogP contribution >= 0.6 is 11.8 Å². The zero-order valence-electron chi connectivity index (χ0n) is 15.9. The van der Waals surface area contributed by atoms with Gasteiger partial charge in [-0.3, -0.25) is 5.73 Å². The second-order valence-electron chi connectivity index (χ2n) is 5.86. The van der Waals surface area contributed by atoms with Gasteiger partial charge in [-0.1, -0.05) is 11.8 Å². The van der Waals surface area contributed by atoms with Gasteiger partial charge in [0.05, 0.1) is 24.8 Å². The van der Waals surface area contributed by atoms with Crippen LogP contribution in [0, 0.1) is 6.92 Å². The number of hydrogen-bond acceptors (Lipinski definition) is 8. The molecule has 3 aromatic rings. The molecule has 0 saturated carbocycles. The van der Waals surface area contributed by atoms with Crippen molar-refractivity contribution in [1.29, 1.82) is 0 Å². The molecule has 8 heteroatoms. The lowest BCUT2D eigenvalue weighted by atomic mass is 10.1. The fraction of sp³-hybridized carbons (Fsp3) is 0.200. The van der Waals surface area contributed by atoms with Crippen LogP contribution in [-0.2, 0) is 0 Å². The number of nitrogen functional groups attached to an aromatic ring is 1. The van der Waals surface area contributed by atoms with E-state index in [1.165, 1.54) is 11.8 Å². The first kappa shape index (κ1) is 19.8. The second kappa shape index (κ2) is 8.81. The Hall–Kier alpha value is -2.97. The van der Waals surface area contributed by atoms with Crippen LogP contribution in [0.1, 0.15) is 5.56 Å². The number of rotatable bonds is 7. The van der Waals surface area contributed by atoms with Crippen LogP contribution in [0.4, 0.5) is 5.95 Å². The Morgan fingerprint density at radius 2 is 1.75 bits per heavy atom. The molecule has 0 bridgehead atoms. The second-order valence-corrected chi connectivity index (χ2v) is 6.92. The molecule has 3 rings (SSSR count). The molecule has 28 heavy (non-hydrogen) atoms. The molecule has 0 atom stereocenters. The number of hydrogen-bond donors (Lipinski definition) is 2. The molecular formula is C20H22N4O3S. The molecule has 0 aliphatic carbocycles. The summed E-state index contributed by atoms with van der Waals surface area (Å²) in [6.07, 6.45) is 0. The molecule has 0 amide bonds. The highest BCUT2D eigenvalue weighted by Crippen LogP contribution is 2.38. The predicted molar refractivity (Wildman–Crippen MR) is 110 cm³/mol. The lowest BCUT2D eigenvalue weighted by molar-refractivity contribution is 0.329. The topological polar surface area (TPSA) is 106 Å². The maximum atomic E-state index is 5.97. The van der Waals surface area contributed by atoms with Gasteiger partial charge >= 0.3 is 0 Å². The Morgan fingerprint density at radius 3 is 2.43 bits per heavy atom. The molecule has 0 fully saturated rings. The minimum Gasteiger partial charge on any atom is -0.497 e. The van der Waals surface area contributed by atoms with E-state index >= 15 is 0 Å². The standard InChI is InChI=1S/C20H22N4O3S/c1-12-8-14(27-11-21)4-6-15(12)16-10-19(24-20(22)23-16)28-18-9-13(25-2)5-7-17(18)26-3/h4-10H,11,21H2,1-3H3,(H2,22,23,24). The van der Waals surface area contributed by atoms with Gasteiger partial charge in [-0.2, -0.15) is 0 Å². The minimum absolute atomic E-state index is 0.127. The quantitative estimate of drug-likeness (QED) is 0.460. The Bertz CT molecular complexity index is 982. The summed E-state index contributed by atoms with van der Waals surface area (Å²) in [6.45, 7) is 2.11. The summed E-state index contributed by atoms with van der Waals surface area (Å²) in [5, 5.41) is 0.704. The third-order valence-electron chi connectivity index (χ3n) is 4.03. The average molecular weight is 398 g/mol. The smallest absolute Gasteiger partial charge is 0.221 e. The van der Waals surface area contributed by atoms with Crippen LogP contribution in [-0.4, -0.2) is 30.9 Å². The normalized spacial score (nSPS) is 10.6. The van der Waals surface area contributed by atoms with Gasteiger partial charge in [0.25, 0.3) is 0 Å². The zero-order valence-corrected chi connectivity index (χ0v) is 16.7. The fourth-order valence-corrected chi connectivity index (χ4v) is 3.68. The van der Waals surface area contributed by atoms with Crippen LogP contribution in [0.25, 0.3) is 11.3 Å². The minimum atomic E-state index is 0.127. The van der Waals surface area contributed by atoms with Crippen LogP contribution in [0.5, 0.6) is 17.2 Å². The number of aryl methyl sites for hydroxylation is 1. The van der Waals surface area contributed by atoms with E-state index in [-0.39, 0.29) is 12.7 Å². The van der Waals surface area contributed by atoms with Gasteiger partial charge in [0.15, 0.2) is 0 Å². The molecular weight excluding hydrogens is 376 g/mol. The van der Waals surface area contributed by atoms with E-state index in [0.29, 0.717) is 10.8 Å². The van der Waals surface area contributed by atoms with Crippen molar-refractivity contribution in [2.45, 2.75) is 16.8 Å². The number of aromatic nitrogens is 2. The third-order valence-corrected chi connectivity index (χ3v) is 4.99. The summed E-state index contributed by atoms with van der Waals surface area (Å²) in [6, 6.07) is 13.2. The predicted octanol–water partition coefficient (Wildman–Crippen LogP) is 3.50. The number of benzene rings is 2. The highest BCUT2D eigenvalue weighted by atomic mass is 32.2. The molecule has 146 valence electrons. The van der Waals surface area contributed by atoms with Gasteiger partial charge in [0, 0.05) is 5.56 Å². The summed E-state index contributed by atoms with van der Waals surface area (Å²) in [5.74, 6) is 2.37. The molecule has 0 unspecified atom stereocenters. The highest BCUT2D eigenvalue weighted by Gasteiger charge is 2.12. The molecule has 0 saturated heterocycles. The largest absolute Gasteiger partial charge is 0.497 e. The van der Waals surface area contributed by atoms with Gasteiger partial charge in [0.1, 0.15) is 29.0 Å². The van der Waals surface area contributed by atoms with Crippen molar-refractivity contribution >= 4 is 17.7 Å². The average Bonchev–Trinajstić information content (AvgIpc) is 2.67. The first-order chi connectivity index (χ1) is 13.5. The molecule has 4 N–H and O–H groups in total. The van der Waals surface area contributed by atoms with Crippen molar-refractivity contribution in [2.75, 3.05) is 26.7 Å². The van der Waals surface area contributed by atoms with E-state index < -0.39 is 0 Å². The van der Waals surface area contributed by atoms with Gasteiger partial charge in [-0.25, -0.2) is 9.97 Å². The Labute approximate surface area is 168 Å². The fourth-order valence-electron chi connectivity index (χ4n) is 2.72. The lowest BCUT2D eigenvalue weighted by Crippen LogP contribution is -2.07. The van der Waals surface area contributed by atoms with E-state index in [2.05, 4.69) is 9.97 Å². The number of ether oxygens (including phenoxy) is 3. The van der Waals surface area contributed by atoms with Crippen molar-refractivity contribution < 1.29 is 14.2 Å². The Balaban J connectivity index is 1.97. The molecule has 1 heterocycles. The number of nitrogens with zero attached hydrogens (tertiary/aromatic N) is 2. The van der Waals surface area contributed by atoms with E-state index in [4.69, 9.17) is 25.7 Å². The van der Waals surface area contributed by atoms with Crippen molar-refractivity contribution in [3.05, 3.63) is 48.0 Å². The molecule has 7 nitrogen and oxygen atoms in total. The molecule has 0 aliphatic rings. The third kappa shape index (κ3) is 4.47. The first-order valence-corrected chi connectivity index (χ1v) is 9.34. The van der Waals surface area contributed by atoms with Crippen molar-refractivity contribution in [2.24, 2.45) is 5.73 Å². The lowest BCUT2D eigenvalue weighted by Gasteiger charge is -2.12. The van der Waals surface area contributed by atoms with Crippen molar-refractivity contribution in [3.63, 3.8) is 0 Å². The van der Waals surface area contributed by atoms with Crippen molar-refractivity contribution in [1.82, 2.24) is 9.97 Å². The summed E-state index contributed by atoms with van der Waals surface area (Å²) in [4.78, 5) is 9.61. The van der Waals surface area contributed by atoms with E-state index in [0.717, 1.165) is 33.2 Å². The van der Waals surface area contributed by atoms with E-state index in [1.54, 1.807) is 14.2 Å². The van der Waals surface area contributed by atoms with Crippen LogP contribution < -0.4 is 25.7 Å². The molecule has 0 radical (unpaired) electrons. The Kier molecular flexibility index (Phi) is 6.23. The van der Waals surface area contributed by atoms with Gasteiger partial charge in [-0.05, 0) is 55.0 Å². The number of anilines is 1. The van der Waals surface area contributed by atoms with Crippen LogP contribution in [0.2, 0.25) is 0 Å². The molecule has 2 aromatic carbocycles. The SMILES string of the molecule is COc1ccc(OC)c(Sc2cc(-c3ccc(OCN)cc3C)nc(N)n2)c1. The summed E-state index contributed by atoms with van der Waals surface area (Å²) >= 11 is 1.43. The van der Waals surface area contributed by atoms with Crippen LogP contribution in [0.3, 0.4) is 0 Å². The number of nitrogens with two attached hydrogens (primary N) is 2. The van der Waals surface area contributed by atoms with E-state index in [1.807, 2.05) is 49.4 Å². The van der Waals surface area contributed by atoms with E-state index in [9.17, 15) is 0 Å². The van der Waals surface area contributed by atoms with Crippen LogP contribution in [0.15, 0.2) is 52.4 Å².